The van der Waals surface area contributed by atoms with Gasteiger partial charge in [-0.15, -0.1) is 0 Å². The quantitative estimate of drug-likeness (QED) is 0.346. The molecule has 0 heterocycles. The third kappa shape index (κ3) is 8.87. The van der Waals surface area contributed by atoms with Crippen LogP contribution in [0.1, 0.15) is 2.85 Å². The van der Waals surface area contributed by atoms with Crippen molar-refractivity contribution in [3.63, 3.8) is 0 Å². The molecule has 0 aliphatic carbocycles. The molecule has 0 fully saturated rings. The molecule has 1 unspecified atom stereocenters. The Morgan fingerprint density at radius 3 is 1.50 bits per heavy atom. The summed E-state index contributed by atoms with van der Waals surface area (Å²) in [6.07, 6.45) is 0. The first-order valence-corrected chi connectivity index (χ1v) is 4.39. The minimum Gasteiger partial charge on any atom is -1.00 e. The van der Waals surface area contributed by atoms with Gasteiger partial charge in [0.1, 0.15) is 0 Å². The smallest absolute Gasteiger partial charge is 1.00 e. The standard InChI is InChI=1S/Ca.Fe.H2IP.2H/c;;1-2;;/h;;2H2;;/q+2;;;2*-1. The summed E-state index contributed by atoms with van der Waals surface area (Å²) >= 11 is 2.07. The van der Waals surface area contributed by atoms with Crippen LogP contribution in [0.5, 0.6) is 0 Å². The van der Waals surface area contributed by atoms with Gasteiger partial charge >= 0.3 is 37.7 Å². The van der Waals surface area contributed by atoms with Crippen molar-refractivity contribution in [2.24, 2.45) is 0 Å². The van der Waals surface area contributed by atoms with E-state index in [0.29, 0.717) is 0 Å². The first-order valence-electron chi connectivity index (χ1n) is 0.218. The Balaban J connectivity index is -0.000000000833. The van der Waals surface area contributed by atoms with E-state index in [1.165, 1.54) is 0 Å². The molecular weight excluding hydrogens is 254 g/mol. The van der Waals surface area contributed by atoms with Crippen molar-refractivity contribution in [3.05, 3.63) is 0 Å². The molecule has 0 nitrogen and oxygen atoms in total. The van der Waals surface area contributed by atoms with Crippen molar-refractivity contribution < 1.29 is 19.9 Å². The Labute approximate surface area is 85.0 Å². The third-order valence-corrected chi connectivity index (χ3v) is 0. The van der Waals surface area contributed by atoms with E-state index in [-0.39, 0.29) is 57.7 Å². The minimum absolute atomic E-state index is 0. The predicted octanol–water partition coefficient (Wildman–Crippen LogP) is 1.05. The molecule has 0 radical (unpaired) electrons. The fourth-order valence-electron chi connectivity index (χ4n) is 0. The predicted molar refractivity (Wildman–Crippen MR) is 31.7 cm³/mol. The fraction of sp³-hybridized carbons (Fsp3) is 0. The van der Waals surface area contributed by atoms with Crippen LogP contribution in [0.4, 0.5) is 0 Å². The maximum absolute atomic E-state index is 2.39. The van der Waals surface area contributed by atoms with Crippen LogP contribution in [-0.2, 0) is 17.1 Å². The van der Waals surface area contributed by atoms with E-state index in [1.54, 1.807) is 0 Å². The van der Waals surface area contributed by atoms with Gasteiger partial charge in [0.25, 0.3) is 0 Å². The molecule has 0 N–H and O–H groups in total. The minimum atomic E-state index is 0. The van der Waals surface area contributed by atoms with Gasteiger partial charge < -0.3 is 2.85 Å². The summed E-state index contributed by atoms with van der Waals surface area (Å²) in [5.41, 5.74) is 0. The second kappa shape index (κ2) is 16.8. The van der Waals surface area contributed by atoms with Gasteiger partial charge in [-0.05, 0) is 0 Å². The molecular formula is H4CaFeIP. The van der Waals surface area contributed by atoms with E-state index in [1.807, 2.05) is 0 Å². The van der Waals surface area contributed by atoms with Gasteiger partial charge in [0.2, 0.25) is 0 Å². The summed E-state index contributed by atoms with van der Waals surface area (Å²) in [6, 6.07) is 0. The van der Waals surface area contributed by atoms with Crippen molar-refractivity contribution >= 4 is 66.7 Å². The van der Waals surface area contributed by atoms with Gasteiger partial charge in [0.15, 0.2) is 0 Å². The van der Waals surface area contributed by atoms with Crippen LogP contribution in [0, 0.1) is 0 Å². The SMILES string of the molecule is PI.[Ca+2].[Fe].[H-].[H-]. The maximum Gasteiger partial charge on any atom is 2.00 e. The second-order valence-corrected chi connectivity index (χ2v) is 0. The van der Waals surface area contributed by atoms with E-state index in [2.05, 4.69) is 28.9 Å². The molecule has 0 aromatic carbocycles. The zero-order valence-corrected chi connectivity index (χ0v) is 8.64. The van der Waals surface area contributed by atoms with Gasteiger partial charge in [-0.1, -0.05) is 28.9 Å². The molecule has 0 aromatic heterocycles. The average molecular weight is 258 g/mol. The van der Waals surface area contributed by atoms with E-state index < -0.39 is 0 Å². The summed E-state index contributed by atoms with van der Waals surface area (Å²) in [6.45, 7) is 2.39. The molecule has 0 aliphatic heterocycles. The molecule has 0 aromatic rings. The topological polar surface area (TPSA) is 0 Å². The number of rotatable bonds is 0. The fourth-order valence-corrected chi connectivity index (χ4v) is 0. The van der Waals surface area contributed by atoms with Gasteiger partial charge in [-0.25, -0.2) is 0 Å². The molecule has 4 heavy (non-hydrogen) atoms. The van der Waals surface area contributed by atoms with E-state index >= 15 is 0 Å². The Hall–Kier alpha value is 2.94. The van der Waals surface area contributed by atoms with Crippen LogP contribution in [-0.4, -0.2) is 37.7 Å². The van der Waals surface area contributed by atoms with Crippen LogP contribution in [0.3, 0.4) is 0 Å². The van der Waals surface area contributed by atoms with E-state index in [4.69, 9.17) is 0 Å². The van der Waals surface area contributed by atoms with Crippen LogP contribution in [0.25, 0.3) is 0 Å². The van der Waals surface area contributed by atoms with Crippen LogP contribution >= 0.6 is 28.9 Å². The molecule has 0 saturated carbocycles. The summed E-state index contributed by atoms with van der Waals surface area (Å²) in [7, 11) is 0. The molecule has 0 saturated heterocycles. The van der Waals surface area contributed by atoms with Crippen molar-refractivity contribution in [2.75, 3.05) is 0 Å². The molecule has 4 heteroatoms. The normalized spacial score (nSPS) is 1.50. The zero-order chi connectivity index (χ0) is 2.00. The van der Waals surface area contributed by atoms with Crippen molar-refractivity contribution in [2.45, 2.75) is 0 Å². The Morgan fingerprint density at radius 1 is 1.50 bits per heavy atom. The third-order valence-electron chi connectivity index (χ3n) is 0. The Kier molecular flexibility index (Phi) is 66.1. The van der Waals surface area contributed by atoms with Gasteiger partial charge in [0, 0.05) is 17.1 Å². The number of hydrogen-bond donors (Lipinski definition) is 0. The summed E-state index contributed by atoms with van der Waals surface area (Å²) in [4.78, 5) is 0. The first kappa shape index (κ1) is 15.8. The largest absolute Gasteiger partial charge is 2.00 e. The number of halogens is 1. The molecule has 0 bridgehead atoms. The maximum atomic E-state index is 2.39. The van der Waals surface area contributed by atoms with Gasteiger partial charge in [0.05, 0.1) is 0 Å². The first-order chi connectivity index (χ1) is 1.00. The molecule has 0 aliphatic rings. The van der Waals surface area contributed by atoms with Crippen LogP contribution < -0.4 is 0 Å². The summed E-state index contributed by atoms with van der Waals surface area (Å²) in [5.74, 6) is 0. The van der Waals surface area contributed by atoms with Gasteiger partial charge in [-0.3, -0.25) is 0 Å². The monoisotopic (exact) mass is 258 g/mol. The van der Waals surface area contributed by atoms with E-state index in [0.717, 1.165) is 0 Å². The second-order valence-electron chi connectivity index (χ2n) is 0. The zero-order valence-electron chi connectivity index (χ0n) is 4.02. The van der Waals surface area contributed by atoms with E-state index in [9.17, 15) is 0 Å². The molecule has 0 spiro atoms. The Morgan fingerprint density at radius 2 is 1.50 bits per heavy atom. The molecule has 0 amide bonds. The number of hydrogen-bond acceptors (Lipinski definition) is 0. The average Bonchev–Trinajstić information content (AvgIpc) is 1.00. The molecule has 26 valence electrons. The van der Waals surface area contributed by atoms with Crippen molar-refractivity contribution in [1.82, 2.24) is 0 Å². The molecule has 0 rings (SSSR count). The van der Waals surface area contributed by atoms with Crippen LogP contribution in [0.2, 0.25) is 0 Å². The summed E-state index contributed by atoms with van der Waals surface area (Å²) < 4.78 is 0. The molecule has 1 atom stereocenters. The van der Waals surface area contributed by atoms with Crippen molar-refractivity contribution in [1.29, 1.82) is 0 Å². The van der Waals surface area contributed by atoms with Gasteiger partial charge in [-0.2, -0.15) is 0 Å². The summed E-state index contributed by atoms with van der Waals surface area (Å²) in [5, 5.41) is 0. The van der Waals surface area contributed by atoms with Crippen molar-refractivity contribution in [3.8, 4) is 0 Å². The van der Waals surface area contributed by atoms with Crippen LogP contribution in [0.15, 0.2) is 0 Å². The Bertz CT molecular complexity index is 13.5.